The molecule has 34 heavy (non-hydrogen) atoms. The maximum absolute atomic E-state index is 11.1. The summed E-state index contributed by atoms with van der Waals surface area (Å²) in [7, 11) is 0. The second kappa shape index (κ2) is 7.70. The smallest absolute Gasteiger partial charge is 0.303 e. The number of fused-ring (bicyclic) bond motifs is 2. The van der Waals surface area contributed by atoms with Gasteiger partial charge in [-0.05, 0) is 95.6 Å². The van der Waals surface area contributed by atoms with E-state index >= 15 is 0 Å². The molecule has 0 aromatic heterocycles. The van der Waals surface area contributed by atoms with Crippen LogP contribution in [0.5, 0.6) is 0 Å². The largest absolute Gasteiger partial charge is 0.481 e. The quantitative estimate of drug-likeness (QED) is 0.219. The number of rotatable bonds is 4. The van der Waals surface area contributed by atoms with E-state index in [4.69, 9.17) is 5.11 Å². The third-order valence-corrected chi connectivity index (χ3v) is 7.33. The van der Waals surface area contributed by atoms with E-state index < -0.39 is 5.97 Å². The van der Waals surface area contributed by atoms with Gasteiger partial charge in [0, 0.05) is 6.42 Å². The Bertz CT molecular complexity index is 1490. The average Bonchev–Trinajstić information content (AvgIpc) is 2.75. The topological polar surface area (TPSA) is 37.3 Å². The number of carbonyl (C=O) groups is 1. The van der Waals surface area contributed by atoms with Crippen LogP contribution in [0.15, 0.2) is 54.6 Å². The average molecular weight is 451 g/mol. The molecule has 2 heteroatoms. The first kappa shape index (κ1) is 22.7. The molecule has 0 aliphatic carbocycles. The summed E-state index contributed by atoms with van der Waals surface area (Å²) < 4.78 is 0. The lowest BCUT2D eigenvalue weighted by Crippen LogP contribution is -2.12. The number of hydrogen-bond donors (Lipinski definition) is 1. The zero-order valence-corrected chi connectivity index (χ0v) is 21.2. The molecule has 0 heterocycles. The molecular weight excluding hydrogens is 416 g/mol. The molecule has 5 aromatic carbocycles. The SMILES string of the molecule is CC(C)(C)c1cc2cc(C(C)(C)C)cc3c4ccc(CCCC(=O)O)c5cccc(c(c1)c23)c54. The van der Waals surface area contributed by atoms with Crippen molar-refractivity contribution in [1.82, 2.24) is 0 Å². The van der Waals surface area contributed by atoms with Crippen molar-refractivity contribution in [1.29, 1.82) is 0 Å². The van der Waals surface area contributed by atoms with Gasteiger partial charge < -0.3 is 5.11 Å². The molecule has 0 bridgehead atoms. The van der Waals surface area contributed by atoms with Crippen LogP contribution in [0.25, 0.3) is 43.1 Å². The highest BCUT2D eigenvalue weighted by atomic mass is 16.4. The molecule has 1 N–H and O–H groups in total. The molecule has 0 saturated heterocycles. The third-order valence-electron chi connectivity index (χ3n) is 7.33. The lowest BCUT2D eigenvalue weighted by molar-refractivity contribution is -0.137. The van der Waals surface area contributed by atoms with E-state index in [2.05, 4.69) is 96.1 Å². The van der Waals surface area contributed by atoms with Crippen molar-refractivity contribution in [2.45, 2.75) is 71.6 Å². The number of aliphatic carboxylic acids is 1. The van der Waals surface area contributed by atoms with Crippen molar-refractivity contribution in [3.05, 3.63) is 71.3 Å². The van der Waals surface area contributed by atoms with Gasteiger partial charge in [0.2, 0.25) is 0 Å². The molecule has 0 amide bonds. The predicted octanol–water partition coefficient (Wildman–Crippen LogP) is 8.74. The molecule has 0 aliphatic heterocycles. The number of aryl methyl sites for hydroxylation is 1. The maximum atomic E-state index is 11.1. The van der Waals surface area contributed by atoms with Crippen LogP contribution in [0.4, 0.5) is 0 Å². The molecule has 5 aromatic rings. The van der Waals surface area contributed by atoms with Gasteiger partial charge in [0.25, 0.3) is 0 Å². The summed E-state index contributed by atoms with van der Waals surface area (Å²) in [6.45, 7) is 13.7. The van der Waals surface area contributed by atoms with Crippen LogP contribution in [0.1, 0.15) is 71.1 Å². The van der Waals surface area contributed by atoms with E-state index in [0.717, 1.165) is 6.42 Å². The Labute approximate surface area is 201 Å². The molecule has 0 aliphatic rings. The number of carboxylic acid groups (broad SMARTS) is 1. The fraction of sp³-hybridized carbons (Fsp3) is 0.344. The molecular formula is C32H34O2. The van der Waals surface area contributed by atoms with Crippen molar-refractivity contribution in [3.63, 3.8) is 0 Å². The van der Waals surface area contributed by atoms with Crippen LogP contribution in [0.2, 0.25) is 0 Å². The van der Waals surface area contributed by atoms with Crippen molar-refractivity contribution >= 4 is 49.1 Å². The summed E-state index contributed by atoms with van der Waals surface area (Å²) in [6.07, 6.45) is 1.64. The number of hydrogen-bond acceptors (Lipinski definition) is 1. The normalized spacial score (nSPS) is 13.0. The first-order valence-electron chi connectivity index (χ1n) is 12.3. The van der Waals surface area contributed by atoms with Crippen LogP contribution in [-0.2, 0) is 22.0 Å². The van der Waals surface area contributed by atoms with Crippen molar-refractivity contribution in [3.8, 4) is 0 Å². The van der Waals surface area contributed by atoms with Gasteiger partial charge in [-0.1, -0.05) is 84.0 Å². The van der Waals surface area contributed by atoms with Crippen molar-refractivity contribution in [2.24, 2.45) is 0 Å². The lowest BCUT2D eigenvalue weighted by atomic mass is 9.79. The highest BCUT2D eigenvalue weighted by Gasteiger charge is 2.22. The Kier molecular flexibility index (Phi) is 5.13. The molecule has 0 radical (unpaired) electrons. The van der Waals surface area contributed by atoms with Gasteiger partial charge in [-0.2, -0.15) is 0 Å². The van der Waals surface area contributed by atoms with Gasteiger partial charge >= 0.3 is 5.97 Å². The van der Waals surface area contributed by atoms with Gasteiger partial charge in [-0.15, -0.1) is 0 Å². The Balaban J connectivity index is 1.93. The fourth-order valence-electron chi connectivity index (χ4n) is 5.37. The predicted molar refractivity (Wildman–Crippen MR) is 146 cm³/mol. The minimum Gasteiger partial charge on any atom is -0.481 e. The summed E-state index contributed by atoms with van der Waals surface area (Å²) >= 11 is 0. The van der Waals surface area contributed by atoms with E-state index in [9.17, 15) is 4.79 Å². The summed E-state index contributed by atoms with van der Waals surface area (Å²) in [5.41, 5.74) is 4.04. The van der Waals surface area contributed by atoms with Crippen LogP contribution >= 0.6 is 0 Å². The monoisotopic (exact) mass is 450 g/mol. The Hall–Kier alpha value is -3.13. The van der Waals surface area contributed by atoms with Gasteiger partial charge in [0.1, 0.15) is 0 Å². The van der Waals surface area contributed by atoms with Gasteiger partial charge in [0.15, 0.2) is 0 Å². The fourth-order valence-corrected chi connectivity index (χ4v) is 5.37. The maximum Gasteiger partial charge on any atom is 0.303 e. The number of carboxylic acids is 1. The van der Waals surface area contributed by atoms with Crippen LogP contribution in [0, 0.1) is 0 Å². The van der Waals surface area contributed by atoms with Crippen LogP contribution in [0.3, 0.4) is 0 Å². The van der Waals surface area contributed by atoms with Gasteiger partial charge in [-0.3, -0.25) is 4.79 Å². The lowest BCUT2D eigenvalue weighted by Gasteiger charge is -2.25. The summed E-state index contributed by atoms with van der Waals surface area (Å²) in [5, 5.41) is 19.6. The zero-order chi connectivity index (χ0) is 24.4. The molecule has 0 saturated carbocycles. The molecule has 0 atom stereocenters. The second-order valence-electron chi connectivity index (χ2n) is 11.9. The summed E-state index contributed by atoms with van der Waals surface area (Å²) in [6, 6.07) is 20.7. The summed E-state index contributed by atoms with van der Waals surface area (Å²) in [5.74, 6) is -0.729. The standard InChI is InChI=1S/C32H34O2/c1-31(2,3)21-15-20-16-22(32(4,5)6)18-27-25-14-13-19(9-7-12-28(33)34)23-10-8-11-24(30(23)25)26(17-21)29(20)27/h8,10-11,13-18H,7,9,12H2,1-6H3,(H,33,34). The first-order valence-corrected chi connectivity index (χ1v) is 12.3. The van der Waals surface area contributed by atoms with E-state index in [0.29, 0.717) is 6.42 Å². The second-order valence-corrected chi connectivity index (χ2v) is 11.9. The van der Waals surface area contributed by atoms with Gasteiger partial charge in [0.05, 0.1) is 0 Å². The molecule has 0 unspecified atom stereocenters. The third kappa shape index (κ3) is 3.70. The van der Waals surface area contributed by atoms with Crippen molar-refractivity contribution in [2.75, 3.05) is 0 Å². The van der Waals surface area contributed by atoms with Crippen molar-refractivity contribution < 1.29 is 9.90 Å². The highest BCUT2D eigenvalue weighted by molar-refractivity contribution is 6.33. The van der Waals surface area contributed by atoms with Gasteiger partial charge in [-0.25, -0.2) is 0 Å². The summed E-state index contributed by atoms with van der Waals surface area (Å²) in [4.78, 5) is 11.1. The Morgan fingerprint density at radius 2 is 1.26 bits per heavy atom. The zero-order valence-electron chi connectivity index (χ0n) is 21.2. The molecule has 0 spiro atoms. The van der Waals surface area contributed by atoms with Crippen LogP contribution < -0.4 is 0 Å². The van der Waals surface area contributed by atoms with E-state index in [1.54, 1.807) is 0 Å². The van der Waals surface area contributed by atoms with E-state index in [1.165, 1.54) is 59.8 Å². The highest BCUT2D eigenvalue weighted by Crippen LogP contribution is 2.44. The Morgan fingerprint density at radius 1 is 0.706 bits per heavy atom. The molecule has 2 nitrogen and oxygen atoms in total. The minimum absolute atomic E-state index is 0.0510. The van der Waals surface area contributed by atoms with E-state index in [-0.39, 0.29) is 17.3 Å². The Morgan fingerprint density at radius 3 is 1.82 bits per heavy atom. The van der Waals surface area contributed by atoms with E-state index in [1.807, 2.05) is 0 Å². The number of benzene rings is 5. The van der Waals surface area contributed by atoms with Crippen LogP contribution in [-0.4, -0.2) is 11.1 Å². The molecule has 5 rings (SSSR count). The molecule has 174 valence electrons. The molecule has 0 fully saturated rings. The first-order chi connectivity index (χ1) is 15.9. The minimum atomic E-state index is -0.729.